The molecular weight excluding hydrogens is 281 g/mol. The Bertz CT molecular complexity index is 401. The summed E-state index contributed by atoms with van der Waals surface area (Å²) in [7, 11) is 0. The molecule has 1 aromatic rings. The first kappa shape index (κ1) is 14.6. The summed E-state index contributed by atoms with van der Waals surface area (Å²) in [6, 6.07) is 4.51. The van der Waals surface area contributed by atoms with E-state index in [0.717, 1.165) is 5.56 Å². The lowest BCUT2D eigenvalue weighted by Gasteiger charge is -2.07. The number of carboxylic acid groups (broad SMARTS) is 1. The Labute approximate surface area is 114 Å². The summed E-state index contributed by atoms with van der Waals surface area (Å²) in [4.78, 5) is 10.5. The van der Waals surface area contributed by atoms with E-state index < -0.39 is 12.0 Å². The number of halogens is 2. The predicted octanol–water partition coefficient (Wildman–Crippen LogP) is 3.03. The van der Waals surface area contributed by atoms with Gasteiger partial charge in [-0.2, -0.15) is 11.8 Å². The van der Waals surface area contributed by atoms with Gasteiger partial charge in [0.2, 0.25) is 0 Å². The van der Waals surface area contributed by atoms with Crippen molar-refractivity contribution in [3.05, 3.63) is 33.8 Å². The van der Waals surface area contributed by atoms with E-state index in [1.807, 2.05) is 6.07 Å². The Morgan fingerprint density at radius 1 is 1.47 bits per heavy atom. The van der Waals surface area contributed by atoms with Crippen LogP contribution in [0.15, 0.2) is 18.2 Å². The third kappa shape index (κ3) is 5.17. The molecule has 0 fully saturated rings. The molecule has 0 saturated heterocycles. The van der Waals surface area contributed by atoms with Crippen molar-refractivity contribution in [2.24, 2.45) is 5.73 Å². The van der Waals surface area contributed by atoms with Gasteiger partial charge in [-0.25, -0.2) is 0 Å². The zero-order valence-corrected chi connectivity index (χ0v) is 11.4. The molecule has 0 aromatic heterocycles. The van der Waals surface area contributed by atoms with Crippen LogP contribution in [0.2, 0.25) is 10.0 Å². The molecule has 1 unspecified atom stereocenters. The number of rotatable bonds is 6. The Morgan fingerprint density at radius 3 is 2.82 bits per heavy atom. The van der Waals surface area contributed by atoms with Gasteiger partial charge in [0.25, 0.3) is 0 Å². The van der Waals surface area contributed by atoms with Crippen molar-refractivity contribution in [3.63, 3.8) is 0 Å². The maximum atomic E-state index is 10.5. The van der Waals surface area contributed by atoms with Gasteiger partial charge in [0.15, 0.2) is 0 Å². The van der Waals surface area contributed by atoms with Crippen LogP contribution >= 0.6 is 35.0 Å². The molecule has 0 bridgehead atoms. The molecule has 0 radical (unpaired) electrons. The van der Waals surface area contributed by atoms with Crippen molar-refractivity contribution >= 4 is 40.9 Å². The van der Waals surface area contributed by atoms with Crippen molar-refractivity contribution in [2.45, 2.75) is 18.2 Å². The molecule has 0 spiro atoms. The largest absolute Gasteiger partial charge is 0.480 e. The highest BCUT2D eigenvalue weighted by Gasteiger charge is 2.10. The van der Waals surface area contributed by atoms with Crippen LogP contribution in [0.5, 0.6) is 0 Å². The van der Waals surface area contributed by atoms with Crippen molar-refractivity contribution in [1.29, 1.82) is 0 Å². The van der Waals surface area contributed by atoms with Gasteiger partial charge < -0.3 is 10.8 Å². The molecule has 94 valence electrons. The lowest BCUT2D eigenvalue weighted by molar-refractivity contribution is -0.138. The Hall–Kier alpha value is -0.420. The number of aliphatic carboxylic acids is 1. The summed E-state index contributed by atoms with van der Waals surface area (Å²) in [6.07, 6.45) is 0.443. The summed E-state index contributed by atoms with van der Waals surface area (Å²) < 4.78 is 0. The highest BCUT2D eigenvalue weighted by molar-refractivity contribution is 7.98. The van der Waals surface area contributed by atoms with E-state index in [4.69, 9.17) is 34.0 Å². The van der Waals surface area contributed by atoms with Gasteiger partial charge in [0.05, 0.1) is 0 Å². The summed E-state index contributed by atoms with van der Waals surface area (Å²) in [5.41, 5.74) is 6.34. The molecule has 0 amide bonds. The van der Waals surface area contributed by atoms with Crippen LogP contribution in [-0.4, -0.2) is 22.9 Å². The van der Waals surface area contributed by atoms with E-state index in [1.54, 1.807) is 23.9 Å². The van der Waals surface area contributed by atoms with E-state index in [2.05, 4.69) is 0 Å². The van der Waals surface area contributed by atoms with Gasteiger partial charge in [0, 0.05) is 15.8 Å². The molecule has 0 saturated carbocycles. The fraction of sp³-hybridized carbons (Fsp3) is 0.364. The van der Waals surface area contributed by atoms with Crippen molar-refractivity contribution in [3.8, 4) is 0 Å². The van der Waals surface area contributed by atoms with Crippen LogP contribution in [0, 0.1) is 0 Å². The number of nitrogens with two attached hydrogens (primary N) is 1. The number of hydrogen-bond acceptors (Lipinski definition) is 3. The third-order valence-corrected chi connectivity index (χ3v) is 3.80. The Morgan fingerprint density at radius 2 is 2.18 bits per heavy atom. The zero-order chi connectivity index (χ0) is 12.8. The summed E-state index contributed by atoms with van der Waals surface area (Å²) >= 11 is 13.4. The van der Waals surface area contributed by atoms with E-state index >= 15 is 0 Å². The molecule has 0 heterocycles. The summed E-state index contributed by atoms with van der Waals surface area (Å²) in [6.45, 7) is 0. The van der Waals surface area contributed by atoms with E-state index in [9.17, 15) is 4.79 Å². The monoisotopic (exact) mass is 293 g/mol. The van der Waals surface area contributed by atoms with Gasteiger partial charge in [-0.3, -0.25) is 4.79 Å². The Balaban J connectivity index is 2.36. The van der Waals surface area contributed by atoms with Crippen LogP contribution in [0.3, 0.4) is 0 Å². The SMILES string of the molecule is NC(CCSCc1cc(Cl)ccc1Cl)C(=O)O. The van der Waals surface area contributed by atoms with Gasteiger partial charge >= 0.3 is 5.97 Å². The second-order valence-electron chi connectivity index (χ2n) is 3.52. The number of carbonyl (C=O) groups is 1. The maximum Gasteiger partial charge on any atom is 0.320 e. The van der Waals surface area contributed by atoms with Gasteiger partial charge in [0.1, 0.15) is 6.04 Å². The van der Waals surface area contributed by atoms with Crippen molar-refractivity contribution in [1.82, 2.24) is 0 Å². The predicted molar refractivity (Wildman–Crippen MR) is 72.9 cm³/mol. The molecule has 0 aliphatic rings. The molecule has 17 heavy (non-hydrogen) atoms. The first-order chi connectivity index (χ1) is 8.00. The van der Waals surface area contributed by atoms with Crippen LogP contribution < -0.4 is 5.73 Å². The summed E-state index contributed by atoms with van der Waals surface area (Å²) in [5, 5.41) is 9.92. The van der Waals surface area contributed by atoms with Crippen LogP contribution in [0.25, 0.3) is 0 Å². The van der Waals surface area contributed by atoms with Crippen LogP contribution in [0.1, 0.15) is 12.0 Å². The normalized spacial score (nSPS) is 12.4. The van der Waals surface area contributed by atoms with E-state index in [-0.39, 0.29) is 0 Å². The minimum atomic E-state index is -0.966. The highest BCUT2D eigenvalue weighted by atomic mass is 35.5. The zero-order valence-electron chi connectivity index (χ0n) is 9.03. The molecule has 3 nitrogen and oxygen atoms in total. The summed E-state index contributed by atoms with van der Waals surface area (Å²) in [5.74, 6) is 0.411. The smallest absolute Gasteiger partial charge is 0.320 e. The molecular formula is C11H13Cl2NO2S. The van der Waals surface area contributed by atoms with Gasteiger partial charge in [-0.1, -0.05) is 23.2 Å². The molecule has 0 aliphatic heterocycles. The van der Waals surface area contributed by atoms with Crippen LogP contribution in [-0.2, 0) is 10.5 Å². The fourth-order valence-corrected chi connectivity index (χ4v) is 2.65. The van der Waals surface area contributed by atoms with Gasteiger partial charge in [-0.15, -0.1) is 0 Å². The maximum absolute atomic E-state index is 10.5. The van der Waals surface area contributed by atoms with E-state index in [1.165, 1.54) is 0 Å². The quantitative estimate of drug-likeness (QED) is 0.792. The lowest BCUT2D eigenvalue weighted by Crippen LogP contribution is -2.30. The number of thioether (sulfide) groups is 1. The number of hydrogen-bond donors (Lipinski definition) is 2. The van der Waals surface area contributed by atoms with E-state index in [0.29, 0.717) is 28.0 Å². The second-order valence-corrected chi connectivity index (χ2v) is 5.47. The van der Waals surface area contributed by atoms with Gasteiger partial charge in [-0.05, 0) is 35.9 Å². The first-order valence-electron chi connectivity index (χ1n) is 5.00. The Kier molecular flexibility index (Phi) is 6.12. The number of carboxylic acids is 1. The first-order valence-corrected chi connectivity index (χ1v) is 6.92. The average molecular weight is 294 g/mol. The van der Waals surface area contributed by atoms with Crippen molar-refractivity contribution in [2.75, 3.05) is 5.75 Å². The lowest BCUT2D eigenvalue weighted by atomic mass is 10.2. The van der Waals surface area contributed by atoms with Crippen LogP contribution in [0.4, 0.5) is 0 Å². The second kappa shape index (κ2) is 7.11. The molecule has 3 N–H and O–H groups in total. The average Bonchev–Trinajstić information content (AvgIpc) is 2.28. The highest BCUT2D eigenvalue weighted by Crippen LogP contribution is 2.24. The fourth-order valence-electron chi connectivity index (χ4n) is 1.17. The molecule has 6 heteroatoms. The standard InChI is InChI=1S/C11H13Cl2NO2S/c12-8-1-2-9(13)7(5-8)6-17-4-3-10(14)11(15)16/h1-2,5,10H,3-4,6,14H2,(H,15,16). The molecule has 1 atom stereocenters. The molecule has 1 aromatic carbocycles. The molecule has 1 rings (SSSR count). The topological polar surface area (TPSA) is 63.3 Å². The van der Waals surface area contributed by atoms with Crippen molar-refractivity contribution < 1.29 is 9.90 Å². The number of benzene rings is 1. The minimum Gasteiger partial charge on any atom is -0.480 e. The third-order valence-electron chi connectivity index (χ3n) is 2.16. The molecule has 0 aliphatic carbocycles. The minimum absolute atomic E-state index is 0.443.